The van der Waals surface area contributed by atoms with Gasteiger partial charge in [-0.2, -0.15) is 0 Å². The third kappa shape index (κ3) is 2.88. The smallest absolute Gasteiger partial charge is 0.330 e. The number of hydrogen-bond acceptors (Lipinski definition) is 4. The number of carbonyl (C=O) groups excluding carboxylic acids is 1. The van der Waals surface area contributed by atoms with E-state index in [4.69, 9.17) is 9.15 Å². The topological polar surface area (TPSA) is 56.5 Å². The maximum atomic E-state index is 13.1. The van der Waals surface area contributed by atoms with Gasteiger partial charge in [-0.3, -0.25) is 4.79 Å². The summed E-state index contributed by atoms with van der Waals surface area (Å²) in [5, 5.41) is 0.131. The second-order valence-corrected chi connectivity index (χ2v) is 3.75. The van der Waals surface area contributed by atoms with Crippen LogP contribution in [0.3, 0.4) is 0 Å². The van der Waals surface area contributed by atoms with Gasteiger partial charge in [0.1, 0.15) is 17.7 Å². The highest BCUT2D eigenvalue weighted by atomic mass is 19.1. The Morgan fingerprint density at radius 3 is 3.00 bits per heavy atom. The number of ether oxygens (including phenoxy) is 1. The summed E-state index contributed by atoms with van der Waals surface area (Å²) in [7, 11) is 0. The van der Waals surface area contributed by atoms with Gasteiger partial charge in [0.05, 0.1) is 17.6 Å². The largest absolute Gasteiger partial charge is 0.463 e. The molecule has 0 N–H and O–H groups in total. The van der Waals surface area contributed by atoms with Gasteiger partial charge >= 0.3 is 5.97 Å². The molecule has 1 heterocycles. The van der Waals surface area contributed by atoms with Crippen molar-refractivity contribution in [3.63, 3.8) is 0 Å². The summed E-state index contributed by atoms with van der Waals surface area (Å²) in [5.74, 6) is -1.08. The fourth-order valence-electron chi connectivity index (χ4n) is 1.58. The van der Waals surface area contributed by atoms with Crippen molar-refractivity contribution in [2.24, 2.45) is 0 Å². The van der Waals surface area contributed by atoms with Crippen LogP contribution in [0.25, 0.3) is 17.0 Å². The summed E-state index contributed by atoms with van der Waals surface area (Å²) >= 11 is 0. The lowest BCUT2D eigenvalue weighted by atomic mass is 10.1. The quantitative estimate of drug-likeness (QED) is 0.630. The highest BCUT2D eigenvalue weighted by Crippen LogP contribution is 2.13. The standard InChI is InChI=1S/C14H11FO4/c1-2-18-13(16)6-3-9-8-19-12-5-4-10(15)7-11(12)14(9)17/h3-8H,2H2,1H3. The Morgan fingerprint density at radius 2 is 2.26 bits per heavy atom. The van der Waals surface area contributed by atoms with Crippen LogP contribution in [0, 0.1) is 5.82 Å². The molecule has 0 radical (unpaired) electrons. The normalized spacial score (nSPS) is 11.1. The highest BCUT2D eigenvalue weighted by Gasteiger charge is 2.06. The summed E-state index contributed by atoms with van der Waals surface area (Å²) in [4.78, 5) is 23.2. The van der Waals surface area contributed by atoms with Gasteiger partial charge in [0.25, 0.3) is 0 Å². The van der Waals surface area contributed by atoms with Gasteiger partial charge in [-0.1, -0.05) is 0 Å². The number of esters is 1. The van der Waals surface area contributed by atoms with Crippen molar-refractivity contribution in [2.75, 3.05) is 6.61 Å². The van der Waals surface area contributed by atoms with Crippen LogP contribution in [-0.2, 0) is 9.53 Å². The Hall–Kier alpha value is -2.43. The summed E-state index contributed by atoms with van der Waals surface area (Å²) in [6.07, 6.45) is 3.63. The summed E-state index contributed by atoms with van der Waals surface area (Å²) < 4.78 is 23.0. The van der Waals surface area contributed by atoms with E-state index in [0.29, 0.717) is 5.58 Å². The molecule has 0 aliphatic carbocycles. The molecule has 0 amide bonds. The molecule has 0 spiro atoms. The van der Waals surface area contributed by atoms with Crippen LogP contribution in [0.1, 0.15) is 12.5 Å². The molecular weight excluding hydrogens is 251 g/mol. The van der Waals surface area contributed by atoms with Crippen molar-refractivity contribution >= 4 is 23.0 Å². The zero-order chi connectivity index (χ0) is 13.8. The SMILES string of the molecule is CCOC(=O)C=Cc1coc2ccc(F)cc2c1=O. The van der Waals surface area contributed by atoms with Crippen molar-refractivity contribution in [1.29, 1.82) is 0 Å². The van der Waals surface area contributed by atoms with E-state index >= 15 is 0 Å². The van der Waals surface area contributed by atoms with Crippen molar-refractivity contribution in [1.82, 2.24) is 0 Å². The summed E-state index contributed by atoms with van der Waals surface area (Å²) in [5.41, 5.74) is 0.0483. The number of hydrogen-bond donors (Lipinski definition) is 0. The van der Waals surface area contributed by atoms with Crippen LogP contribution in [0.5, 0.6) is 0 Å². The van der Waals surface area contributed by atoms with Crippen LogP contribution in [-0.4, -0.2) is 12.6 Å². The van der Waals surface area contributed by atoms with Crippen molar-refractivity contribution in [3.8, 4) is 0 Å². The molecule has 0 atom stereocenters. The minimum absolute atomic E-state index is 0.131. The van der Waals surface area contributed by atoms with E-state index in [1.54, 1.807) is 6.92 Å². The maximum absolute atomic E-state index is 13.1. The van der Waals surface area contributed by atoms with E-state index in [-0.39, 0.29) is 17.6 Å². The summed E-state index contributed by atoms with van der Waals surface area (Å²) in [6, 6.07) is 3.69. The third-order valence-electron chi connectivity index (χ3n) is 2.45. The third-order valence-corrected chi connectivity index (χ3v) is 2.45. The van der Waals surface area contributed by atoms with Crippen molar-refractivity contribution in [3.05, 3.63) is 52.1 Å². The van der Waals surface area contributed by atoms with Crippen LogP contribution in [0.15, 0.2) is 39.7 Å². The first kappa shape index (κ1) is 13.0. The van der Waals surface area contributed by atoms with Gasteiger partial charge in [-0.05, 0) is 31.2 Å². The van der Waals surface area contributed by atoms with Crippen LogP contribution < -0.4 is 5.43 Å². The van der Waals surface area contributed by atoms with Gasteiger partial charge < -0.3 is 9.15 Å². The molecule has 0 bridgehead atoms. The first-order chi connectivity index (χ1) is 9.11. The van der Waals surface area contributed by atoms with E-state index in [0.717, 1.165) is 12.1 Å². The Bertz CT molecular complexity index is 700. The number of fused-ring (bicyclic) bond motifs is 1. The molecule has 0 aliphatic rings. The molecule has 5 heteroatoms. The molecule has 0 saturated carbocycles. The monoisotopic (exact) mass is 262 g/mol. The predicted molar refractivity (Wildman–Crippen MR) is 68.1 cm³/mol. The molecule has 0 fully saturated rings. The van der Waals surface area contributed by atoms with E-state index in [9.17, 15) is 14.0 Å². The van der Waals surface area contributed by atoms with Crippen LogP contribution in [0.2, 0.25) is 0 Å². The predicted octanol–water partition coefficient (Wildman–Crippen LogP) is 2.51. The highest BCUT2D eigenvalue weighted by molar-refractivity contribution is 5.88. The van der Waals surface area contributed by atoms with E-state index in [2.05, 4.69) is 0 Å². The first-order valence-electron chi connectivity index (χ1n) is 5.67. The molecular formula is C14H11FO4. The zero-order valence-corrected chi connectivity index (χ0v) is 10.2. The molecule has 98 valence electrons. The van der Waals surface area contributed by atoms with E-state index in [1.807, 2.05) is 0 Å². The van der Waals surface area contributed by atoms with Crippen molar-refractivity contribution in [2.45, 2.75) is 6.92 Å². The fourth-order valence-corrected chi connectivity index (χ4v) is 1.58. The molecule has 2 aromatic rings. The van der Waals surface area contributed by atoms with Crippen LogP contribution in [0.4, 0.5) is 4.39 Å². The Balaban J connectivity index is 2.43. The second-order valence-electron chi connectivity index (χ2n) is 3.75. The average Bonchev–Trinajstić information content (AvgIpc) is 2.39. The molecule has 0 unspecified atom stereocenters. The van der Waals surface area contributed by atoms with Gasteiger partial charge in [0, 0.05) is 6.08 Å². The Morgan fingerprint density at radius 1 is 1.47 bits per heavy atom. The summed E-state index contributed by atoms with van der Waals surface area (Å²) in [6.45, 7) is 1.93. The molecule has 0 aliphatic heterocycles. The lowest BCUT2D eigenvalue weighted by Gasteiger charge is -1.98. The van der Waals surface area contributed by atoms with Crippen LogP contribution >= 0.6 is 0 Å². The van der Waals surface area contributed by atoms with Gasteiger partial charge in [0.15, 0.2) is 5.43 Å². The lowest BCUT2D eigenvalue weighted by molar-refractivity contribution is -0.137. The number of halogens is 1. The molecule has 0 saturated heterocycles. The number of rotatable bonds is 3. The second kappa shape index (κ2) is 5.48. The van der Waals surface area contributed by atoms with E-state index < -0.39 is 17.2 Å². The van der Waals surface area contributed by atoms with E-state index in [1.165, 1.54) is 24.5 Å². The Labute approximate surface area is 108 Å². The average molecular weight is 262 g/mol. The first-order valence-corrected chi connectivity index (χ1v) is 5.67. The maximum Gasteiger partial charge on any atom is 0.330 e. The minimum atomic E-state index is -0.554. The molecule has 19 heavy (non-hydrogen) atoms. The van der Waals surface area contributed by atoms with Gasteiger partial charge in [-0.15, -0.1) is 0 Å². The molecule has 1 aromatic heterocycles. The van der Waals surface area contributed by atoms with Crippen molar-refractivity contribution < 1.29 is 18.3 Å². The zero-order valence-electron chi connectivity index (χ0n) is 10.2. The van der Waals surface area contributed by atoms with Gasteiger partial charge in [0.2, 0.25) is 0 Å². The fraction of sp³-hybridized carbons (Fsp3) is 0.143. The lowest BCUT2D eigenvalue weighted by Crippen LogP contribution is -2.06. The molecule has 1 aromatic carbocycles. The number of carbonyl (C=O) groups is 1. The molecule has 2 rings (SSSR count). The number of benzene rings is 1. The van der Waals surface area contributed by atoms with Gasteiger partial charge in [-0.25, -0.2) is 9.18 Å². The minimum Gasteiger partial charge on any atom is -0.463 e. The Kier molecular flexibility index (Phi) is 3.75. The molecule has 4 nitrogen and oxygen atoms in total.